The minimum Gasteiger partial charge on any atom is -0.371 e. The van der Waals surface area contributed by atoms with Gasteiger partial charge < -0.3 is 10.4 Å². The van der Waals surface area contributed by atoms with Crippen LogP contribution in [-0.4, -0.2) is 51.1 Å². The summed E-state index contributed by atoms with van der Waals surface area (Å²) in [5, 5.41) is 13.1. The second-order valence-electron chi connectivity index (χ2n) is 3.16. The van der Waals surface area contributed by atoms with Gasteiger partial charge in [0.05, 0.1) is 0 Å². The molecule has 1 aliphatic heterocycles. The van der Waals surface area contributed by atoms with Crippen molar-refractivity contribution in [2.45, 2.75) is 6.23 Å². The number of nitrogens with zero attached hydrogens (tertiary/aromatic N) is 4. The van der Waals surface area contributed by atoms with E-state index in [9.17, 15) is 5.11 Å². The molecular formula is C8H13N5O. The van der Waals surface area contributed by atoms with E-state index in [1.807, 2.05) is 4.90 Å². The lowest BCUT2D eigenvalue weighted by Gasteiger charge is -2.30. The first-order valence-electron chi connectivity index (χ1n) is 4.62. The molecule has 0 aliphatic carbocycles. The van der Waals surface area contributed by atoms with E-state index in [-0.39, 0.29) is 0 Å². The molecule has 0 amide bonds. The Balaban J connectivity index is 2.03. The average Bonchev–Trinajstić information content (AvgIpc) is 2.30. The van der Waals surface area contributed by atoms with Gasteiger partial charge in [-0.2, -0.15) is 0 Å². The molecule has 2 heterocycles. The SMILES string of the molecule is OC(c1ncncn1)N1CCNCC1. The summed E-state index contributed by atoms with van der Waals surface area (Å²) in [5.41, 5.74) is 0. The fraction of sp³-hybridized carbons (Fsp3) is 0.625. The standard InChI is InChI=1S/C8H13N5O/c14-8(7-11-5-10-6-12-7)13-3-1-9-2-4-13/h5-6,8-9,14H,1-4H2. The lowest BCUT2D eigenvalue weighted by Crippen LogP contribution is -2.45. The van der Waals surface area contributed by atoms with Crippen molar-refractivity contribution in [3.8, 4) is 0 Å². The summed E-state index contributed by atoms with van der Waals surface area (Å²) in [5.74, 6) is 0.418. The Labute approximate surface area is 82.0 Å². The fourth-order valence-electron chi connectivity index (χ4n) is 1.47. The molecule has 1 unspecified atom stereocenters. The van der Waals surface area contributed by atoms with Gasteiger partial charge in [-0.05, 0) is 0 Å². The van der Waals surface area contributed by atoms with Gasteiger partial charge in [0.25, 0.3) is 0 Å². The van der Waals surface area contributed by atoms with Crippen LogP contribution >= 0.6 is 0 Å². The maximum Gasteiger partial charge on any atom is 0.175 e. The monoisotopic (exact) mass is 195 g/mol. The predicted octanol–water partition coefficient (Wildman–Crippen LogP) is -1.23. The zero-order valence-electron chi connectivity index (χ0n) is 7.80. The molecule has 1 atom stereocenters. The highest BCUT2D eigenvalue weighted by Gasteiger charge is 2.21. The number of piperazine rings is 1. The largest absolute Gasteiger partial charge is 0.371 e. The van der Waals surface area contributed by atoms with Crippen molar-refractivity contribution in [2.24, 2.45) is 0 Å². The summed E-state index contributed by atoms with van der Waals surface area (Å²) in [6.07, 6.45) is 2.08. The second-order valence-corrected chi connectivity index (χ2v) is 3.16. The molecule has 0 bridgehead atoms. The Hall–Kier alpha value is -1.11. The number of hydrogen-bond acceptors (Lipinski definition) is 6. The Morgan fingerprint density at radius 2 is 1.93 bits per heavy atom. The normalized spacial score (nSPS) is 20.6. The van der Waals surface area contributed by atoms with E-state index in [2.05, 4.69) is 20.3 Å². The number of rotatable bonds is 2. The topological polar surface area (TPSA) is 74.2 Å². The highest BCUT2D eigenvalue weighted by atomic mass is 16.3. The maximum atomic E-state index is 9.89. The van der Waals surface area contributed by atoms with Crippen molar-refractivity contribution in [1.82, 2.24) is 25.2 Å². The highest BCUT2D eigenvalue weighted by molar-refractivity contribution is 4.88. The molecule has 0 saturated carbocycles. The molecular weight excluding hydrogens is 182 g/mol. The quantitative estimate of drug-likeness (QED) is 0.615. The maximum absolute atomic E-state index is 9.89. The minimum absolute atomic E-state index is 0.418. The predicted molar refractivity (Wildman–Crippen MR) is 49.2 cm³/mol. The van der Waals surface area contributed by atoms with Gasteiger partial charge >= 0.3 is 0 Å². The third-order valence-electron chi connectivity index (χ3n) is 2.24. The second kappa shape index (κ2) is 4.41. The van der Waals surface area contributed by atoms with Gasteiger partial charge in [0.2, 0.25) is 0 Å². The Morgan fingerprint density at radius 3 is 2.57 bits per heavy atom. The molecule has 1 fully saturated rings. The first-order chi connectivity index (χ1) is 6.88. The Bertz CT molecular complexity index is 274. The van der Waals surface area contributed by atoms with Gasteiger partial charge in [0.1, 0.15) is 12.7 Å². The van der Waals surface area contributed by atoms with Crippen molar-refractivity contribution in [2.75, 3.05) is 26.2 Å². The van der Waals surface area contributed by atoms with Crippen LogP contribution in [0.5, 0.6) is 0 Å². The molecule has 1 aliphatic rings. The van der Waals surface area contributed by atoms with E-state index in [0.29, 0.717) is 5.82 Å². The molecule has 1 aromatic rings. The van der Waals surface area contributed by atoms with Crippen molar-refractivity contribution in [1.29, 1.82) is 0 Å². The number of aliphatic hydroxyl groups excluding tert-OH is 1. The van der Waals surface area contributed by atoms with Gasteiger partial charge in [-0.3, -0.25) is 4.90 Å². The average molecular weight is 195 g/mol. The lowest BCUT2D eigenvalue weighted by molar-refractivity contribution is -0.0121. The first-order valence-corrected chi connectivity index (χ1v) is 4.62. The van der Waals surface area contributed by atoms with E-state index >= 15 is 0 Å². The van der Waals surface area contributed by atoms with Crippen LogP contribution in [-0.2, 0) is 0 Å². The fourth-order valence-corrected chi connectivity index (χ4v) is 1.47. The van der Waals surface area contributed by atoms with E-state index in [4.69, 9.17) is 0 Å². The van der Waals surface area contributed by atoms with Crippen molar-refractivity contribution < 1.29 is 5.11 Å². The molecule has 1 aromatic heterocycles. The molecule has 14 heavy (non-hydrogen) atoms. The molecule has 2 rings (SSSR count). The van der Waals surface area contributed by atoms with Gasteiger partial charge in [0, 0.05) is 26.2 Å². The number of aliphatic hydroxyl groups is 1. The lowest BCUT2D eigenvalue weighted by atomic mass is 10.3. The summed E-state index contributed by atoms with van der Waals surface area (Å²) in [7, 11) is 0. The summed E-state index contributed by atoms with van der Waals surface area (Å²) in [6, 6.07) is 0. The van der Waals surface area contributed by atoms with Crippen molar-refractivity contribution in [3.63, 3.8) is 0 Å². The van der Waals surface area contributed by atoms with Gasteiger partial charge in [-0.25, -0.2) is 15.0 Å². The Morgan fingerprint density at radius 1 is 1.29 bits per heavy atom. The van der Waals surface area contributed by atoms with E-state index in [1.54, 1.807) is 0 Å². The van der Waals surface area contributed by atoms with Crippen LogP contribution in [0.2, 0.25) is 0 Å². The van der Waals surface area contributed by atoms with Crippen molar-refractivity contribution in [3.05, 3.63) is 18.5 Å². The third kappa shape index (κ3) is 2.03. The van der Waals surface area contributed by atoms with Crippen LogP contribution in [0.25, 0.3) is 0 Å². The number of aromatic nitrogens is 3. The molecule has 6 nitrogen and oxygen atoms in total. The molecule has 1 saturated heterocycles. The summed E-state index contributed by atoms with van der Waals surface area (Å²) in [6.45, 7) is 3.41. The van der Waals surface area contributed by atoms with Crippen LogP contribution in [0.3, 0.4) is 0 Å². The van der Waals surface area contributed by atoms with Gasteiger partial charge in [0.15, 0.2) is 12.1 Å². The minimum atomic E-state index is -0.708. The number of nitrogens with one attached hydrogen (secondary N) is 1. The van der Waals surface area contributed by atoms with E-state index < -0.39 is 6.23 Å². The van der Waals surface area contributed by atoms with Crippen LogP contribution in [0, 0.1) is 0 Å². The zero-order valence-corrected chi connectivity index (χ0v) is 7.80. The molecule has 6 heteroatoms. The molecule has 76 valence electrons. The van der Waals surface area contributed by atoms with E-state index in [1.165, 1.54) is 12.7 Å². The molecule has 0 spiro atoms. The first kappa shape index (κ1) is 9.45. The number of hydrogen-bond donors (Lipinski definition) is 2. The Kier molecular flexibility index (Phi) is 2.97. The van der Waals surface area contributed by atoms with Crippen LogP contribution in [0.4, 0.5) is 0 Å². The van der Waals surface area contributed by atoms with E-state index in [0.717, 1.165) is 26.2 Å². The van der Waals surface area contributed by atoms with Crippen molar-refractivity contribution >= 4 is 0 Å². The smallest absolute Gasteiger partial charge is 0.175 e. The summed E-state index contributed by atoms with van der Waals surface area (Å²) < 4.78 is 0. The summed E-state index contributed by atoms with van der Waals surface area (Å²) in [4.78, 5) is 13.5. The van der Waals surface area contributed by atoms with Crippen LogP contribution in [0.1, 0.15) is 12.1 Å². The molecule has 0 aromatic carbocycles. The third-order valence-corrected chi connectivity index (χ3v) is 2.24. The highest BCUT2D eigenvalue weighted by Crippen LogP contribution is 2.12. The zero-order chi connectivity index (χ0) is 9.80. The van der Waals surface area contributed by atoms with Crippen LogP contribution < -0.4 is 5.32 Å². The summed E-state index contributed by atoms with van der Waals surface area (Å²) >= 11 is 0. The van der Waals surface area contributed by atoms with Gasteiger partial charge in [-0.1, -0.05) is 0 Å². The van der Waals surface area contributed by atoms with Gasteiger partial charge in [-0.15, -0.1) is 0 Å². The molecule has 0 radical (unpaired) electrons. The van der Waals surface area contributed by atoms with Crippen LogP contribution in [0.15, 0.2) is 12.7 Å². The molecule has 2 N–H and O–H groups in total.